The monoisotopic (exact) mass is 347 g/mol. The molecule has 1 aliphatic rings. The summed E-state index contributed by atoms with van der Waals surface area (Å²) >= 11 is 5.76. The number of ether oxygens (including phenoxy) is 1. The highest BCUT2D eigenvalue weighted by Crippen LogP contribution is 2.23. The van der Waals surface area contributed by atoms with Gasteiger partial charge in [-0.1, -0.05) is 17.7 Å². The fourth-order valence-electron chi connectivity index (χ4n) is 2.40. The molecule has 0 bridgehead atoms. The van der Waals surface area contributed by atoms with E-state index in [1.54, 1.807) is 36.1 Å². The first kappa shape index (κ1) is 16.2. The Kier molecular flexibility index (Phi) is 4.35. The van der Waals surface area contributed by atoms with Crippen LogP contribution in [-0.2, 0) is 0 Å². The minimum absolute atomic E-state index is 0.0560. The van der Waals surface area contributed by atoms with Crippen molar-refractivity contribution < 1.29 is 14.5 Å². The van der Waals surface area contributed by atoms with E-state index >= 15 is 0 Å². The van der Waals surface area contributed by atoms with E-state index in [1.807, 2.05) is 0 Å². The van der Waals surface area contributed by atoms with Gasteiger partial charge in [-0.25, -0.2) is 4.98 Å². The molecule has 24 heavy (non-hydrogen) atoms. The van der Waals surface area contributed by atoms with Crippen LogP contribution in [0.3, 0.4) is 0 Å². The molecule has 0 unspecified atom stereocenters. The van der Waals surface area contributed by atoms with Crippen molar-refractivity contribution in [3.8, 4) is 5.88 Å². The lowest BCUT2D eigenvalue weighted by Gasteiger charge is -2.38. The van der Waals surface area contributed by atoms with Crippen LogP contribution in [0.2, 0.25) is 5.02 Å². The molecule has 124 valence electrons. The smallest absolute Gasteiger partial charge is 0.273 e. The van der Waals surface area contributed by atoms with Crippen LogP contribution in [-0.4, -0.2) is 39.9 Å². The van der Waals surface area contributed by atoms with E-state index in [-0.39, 0.29) is 17.7 Å². The van der Waals surface area contributed by atoms with Crippen LogP contribution in [0.5, 0.6) is 5.88 Å². The number of carbonyl (C=O) groups is 1. The number of aryl methyl sites for hydroxylation is 1. The van der Waals surface area contributed by atoms with Gasteiger partial charge in [-0.2, -0.15) is 0 Å². The summed E-state index contributed by atoms with van der Waals surface area (Å²) in [7, 11) is 0. The van der Waals surface area contributed by atoms with Gasteiger partial charge in [-0.3, -0.25) is 14.9 Å². The highest BCUT2D eigenvalue weighted by Gasteiger charge is 2.33. The van der Waals surface area contributed by atoms with Crippen LogP contribution in [0, 0.1) is 17.0 Å². The zero-order valence-corrected chi connectivity index (χ0v) is 13.6. The van der Waals surface area contributed by atoms with Gasteiger partial charge in [0.2, 0.25) is 5.88 Å². The highest BCUT2D eigenvalue weighted by molar-refractivity contribution is 6.30. The van der Waals surface area contributed by atoms with E-state index in [9.17, 15) is 14.9 Å². The Balaban J connectivity index is 1.61. The number of halogens is 1. The lowest BCUT2D eigenvalue weighted by Crippen LogP contribution is -2.56. The maximum atomic E-state index is 12.4. The summed E-state index contributed by atoms with van der Waals surface area (Å²) in [6.07, 6.45) is 1.34. The van der Waals surface area contributed by atoms with Crippen molar-refractivity contribution in [2.45, 2.75) is 13.0 Å². The van der Waals surface area contributed by atoms with Gasteiger partial charge >= 0.3 is 0 Å². The first-order chi connectivity index (χ1) is 11.4. The molecule has 0 saturated carbocycles. The van der Waals surface area contributed by atoms with Crippen molar-refractivity contribution in [3.05, 3.63) is 62.8 Å². The molecule has 0 aliphatic carbocycles. The molecule has 7 nitrogen and oxygen atoms in total. The SMILES string of the molecule is Cc1ccc(C(=O)N2CC(Oc3ccc(Cl)cn3)C2)cc1[N+](=O)[O-]. The fraction of sp³-hybridized carbons (Fsp3) is 0.250. The number of hydrogen-bond acceptors (Lipinski definition) is 5. The lowest BCUT2D eigenvalue weighted by molar-refractivity contribution is -0.385. The van der Waals surface area contributed by atoms with Crippen LogP contribution in [0.15, 0.2) is 36.5 Å². The molecule has 2 heterocycles. The van der Waals surface area contributed by atoms with Gasteiger partial charge in [-0.05, 0) is 19.1 Å². The zero-order valence-electron chi connectivity index (χ0n) is 12.8. The number of pyridine rings is 1. The Morgan fingerprint density at radius 3 is 2.75 bits per heavy atom. The van der Waals surface area contributed by atoms with Crippen molar-refractivity contribution in [1.29, 1.82) is 0 Å². The molecule has 2 aromatic rings. The van der Waals surface area contributed by atoms with Gasteiger partial charge < -0.3 is 9.64 Å². The van der Waals surface area contributed by atoms with Gasteiger partial charge in [0.15, 0.2) is 0 Å². The van der Waals surface area contributed by atoms with Gasteiger partial charge in [0.25, 0.3) is 11.6 Å². The number of likely N-dealkylation sites (tertiary alicyclic amines) is 1. The molecule has 0 spiro atoms. The lowest BCUT2D eigenvalue weighted by atomic mass is 10.1. The summed E-state index contributed by atoms with van der Waals surface area (Å²) in [6, 6.07) is 7.83. The third kappa shape index (κ3) is 3.30. The number of hydrogen-bond donors (Lipinski definition) is 0. The number of nitro groups is 1. The van der Waals surface area contributed by atoms with Crippen molar-refractivity contribution in [3.63, 3.8) is 0 Å². The van der Waals surface area contributed by atoms with Gasteiger partial charge in [0.05, 0.1) is 23.0 Å². The number of aromatic nitrogens is 1. The Morgan fingerprint density at radius 1 is 1.38 bits per heavy atom. The van der Waals surface area contributed by atoms with Crippen LogP contribution in [0.25, 0.3) is 0 Å². The average Bonchev–Trinajstić information content (AvgIpc) is 2.52. The maximum absolute atomic E-state index is 12.4. The van der Waals surface area contributed by atoms with E-state index in [0.29, 0.717) is 35.1 Å². The van der Waals surface area contributed by atoms with E-state index in [1.165, 1.54) is 12.3 Å². The highest BCUT2D eigenvalue weighted by atomic mass is 35.5. The molecular formula is C16H14ClN3O4. The summed E-state index contributed by atoms with van der Waals surface area (Å²) in [6.45, 7) is 2.45. The largest absolute Gasteiger partial charge is 0.471 e. The van der Waals surface area contributed by atoms with Gasteiger partial charge in [0.1, 0.15) is 6.10 Å². The molecule has 0 radical (unpaired) electrons. The topological polar surface area (TPSA) is 85.6 Å². The van der Waals surface area contributed by atoms with Crippen LogP contribution in [0.1, 0.15) is 15.9 Å². The maximum Gasteiger partial charge on any atom is 0.273 e. The second-order valence-electron chi connectivity index (χ2n) is 5.52. The molecular weight excluding hydrogens is 334 g/mol. The predicted octanol–water partition coefficient (Wildman–Crippen LogP) is 2.86. The van der Waals surface area contributed by atoms with Crippen molar-refractivity contribution in [2.24, 2.45) is 0 Å². The molecule has 1 aromatic carbocycles. The molecule has 1 saturated heterocycles. The number of amides is 1. The summed E-state index contributed by atoms with van der Waals surface area (Å²) < 4.78 is 5.63. The van der Waals surface area contributed by atoms with E-state index in [4.69, 9.17) is 16.3 Å². The third-order valence-corrected chi connectivity index (χ3v) is 4.00. The molecule has 1 aromatic heterocycles. The Labute approximate surface area is 143 Å². The summed E-state index contributed by atoms with van der Waals surface area (Å²) in [4.78, 5) is 28.5. The number of nitro benzene ring substituents is 1. The second kappa shape index (κ2) is 6.45. The number of rotatable bonds is 4. The molecule has 1 fully saturated rings. The first-order valence-corrected chi connectivity index (χ1v) is 7.64. The summed E-state index contributed by atoms with van der Waals surface area (Å²) in [5.41, 5.74) is 0.769. The quantitative estimate of drug-likeness (QED) is 0.627. The van der Waals surface area contributed by atoms with Crippen LogP contribution >= 0.6 is 11.6 Å². The second-order valence-corrected chi connectivity index (χ2v) is 5.96. The Bertz CT molecular complexity index is 788. The standard InChI is InChI=1S/C16H14ClN3O4/c1-10-2-3-11(6-14(10)20(22)23)16(21)19-8-13(9-19)24-15-5-4-12(17)7-18-15/h2-7,13H,8-9H2,1H3. The third-order valence-electron chi connectivity index (χ3n) is 3.78. The molecule has 0 N–H and O–H groups in total. The Hall–Kier alpha value is -2.67. The molecule has 3 rings (SSSR count). The van der Waals surface area contributed by atoms with E-state index in [2.05, 4.69) is 4.98 Å². The van der Waals surface area contributed by atoms with Crippen LogP contribution < -0.4 is 4.74 Å². The van der Waals surface area contributed by atoms with E-state index in [0.717, 1.165) is 0 Å². The molecule has 8 heteroatoms. The molecule has 1 aliphatic heterocycles. The van der Waals surface area contributed by atoms with Gasteiger partial charge in [0, 0.05) is 29.5 Å². The fourth-order valence-corrected chi connectivity index (χ4v) is 2.51. The normalized spacial score (nSPS) is 14.2. The minimum atomic E-state index is -0.486. The van der Waals surface area contributed by atoms with Crippen LogP contribution in [0.4, 0.5) is 5.69 Å². The van der Waals surface area contributed by atoms with Crippen molar-refractivity contribution in [2.75, 3.05) is 13.1 Å². The number of benzene rings is 1. The first-order valence-electron chi connectivity index (χ1n) is 7.26. The summed E-state index contributed by atoms with van der Waals surface area (Å²) in [5, 5.41) is 11.5. The summed E-state index contributed by atoms with van der Waals surface area (Å²) in [5.74, 6) is 0.199. The minimum Gasteiger partial charge on any atom is -0.471 e. The number of nitrogens with zero attached hydrogens (tertiary/aromatic N) is 3. The van der Waals surface area contributed by atoms with Crippen molar-refractivity contribution >= 4 is 23.2 Å². The Morgan fingerprint density at radius 2 is 2.12 bits per heavy atom. The zero-order chi connectivity index (χ0) is 17.3. The van der Waals surface area contributed by atoms with E-state index < -0.39 is 4.92 Å². The number of carbonyl (C=O) groups excluding carboxylic acids is 1. The van der Waals surface area contributed by atoms with Crippen molar-refractivity contribution in [1.82, 2.24) is 9.88 Å². The predicted molar refractivity (Wildman–Crippen MR) is 87.4 cm³/mol. The van der Waals surface area contributed by atoms with Gasteiger partial charge in [-0.15, -0.1) is 0 Å². The molecule has 0 atom stereocenters. The average molecular weight is 348 g/mol. The molecule has 1 amide bonds.